The van der Waals surface area contributed by atoms with E-state index in [9.17, 15) is 9.90 Å². The molecule has 2 unspecified atom stereocenters. The smallest absolute Gasteiger partial charge is 0.222 e. The van der Waals surface area contributed by atoms with Crippen molar-refractivity contribution in [3.8, 4) is 0 Å². The quantitative estimate of drug-likeness (QED) is 0.927. The van der Waals surface area contributed by atoms with E-state index in [4.69, 9.17) is 0 Å². The first-order chi connectivity index (χ1) is 10.8. The van der Waals surface area contributed by atoms with Gasteiger partial charge in [-0.3, -0.25) is 4.79 Å². The van der Waals surface area contributed by atoms with Gasteiger partial charge >= 0.3 is 0 Å². The van der Waals surface area contributed by atoms with Crippen molar-refractivity contribution in [2.45, 2.75) is 38.2 Å². The number of rotatable bonds is 4. The second-order valence-electron chi connectivity index (χ2n) is 6.33. The van der Waals surface area contributed by atoms with E-state index in [1.54, 1.807) is 0 Å². The van der Waals surface area contributed by atoms with E-state index in [1.165, 1.54) is 5.56 Å². The maximum atomic E-state index is 12.2. The first-order valence-electron chi connectivity index (χ1n) is 8.37. The van der Waals surface area contributed by atoms with E-state index in [0.717, 1.165) is 55.8 Å². The van der Waals surface area contributed by atoms with Crippen LogP contribution in [0.4, 0.5) is 0 Å². The third kappa shape index (κ3) is 3.66. The summed E-state index contributed by atoms with van der Waals surface area (Å²) in [6.07, 6.45) is 4.21. The number of aliphatic hydroxyl groups is 1. The summed E-state index contributed by atoms with van der Waals surface area (Å²) in [6, 6.07) is 8.21. The summed E-state index contributed by atoms with van der Waals surface area (Å²) in [4.78, 5) is 14.2. The third-order valence-electron chi connectivity index (χ3n) is 4.93. The van der Waals surface area contributed by atoms with Gasteiger partial charge in [0.25, 0.3) is 0 Å². The number of amides is 1. The minimum absolute atomic E-state index is 0.297. The fourth-order valence-electron chi connectivity index (χ4n) is 3.59. The van der Waals surface area contributed by atoms with Crippen molar-refractivity contribution < 1.29 is 9.90 Å². The van der Waals surface area contributed by atoms with Crippen LogP contribution in [0.15, 0.2) is 24.3 Å². The number of nitrogens with zero attached hydrogens (tertiary/aromatic N) is 1. The Balaban J connectivity index is 1.47. The topological polar surface area (TPSA) is 40.5 Å². The normalized spacial score (nSPS) is 24.9. The fourth-order valence-corrected chi connectivity index (χ4v) is 4.49. The molecule has 0 spiro atoms. The largest absolute Gasteiger partial charge is 0.388 e. The van der Waals surface area contributed by atoms with Gasteiger partial charge in [0.15, 0.2) is 0 Å². The Kier molecular flexibility index (Phi) is 5.42. The van der Waals surface area contributed by atoms with Gasteiger partial charge in [-0.25, -0.2) is 0 Å². The standard InChI is InChI=1S/C18H25NO2S/c20-17(19-10-12-22-13-11-19)7-3-5-15-9-8-14-4-1-2-6-16(14)18(15)21/h1-2,4,6,15,18,21H,3,5,7-13H2. The predicted molar refractivity (Wildman–Crippen MR) is 91.0 cm³/mol. The van der Waals surface area contributed by atoms with Crippen LogP contribution < -0.4 is 0 Å². The first kappa shape index (κ1) is 15.9. The van der Waals surface area contributed by atoms with Gasteiger partial charge in [0, 0.05) is 31.0 Å². The second-order valence-corrected chi connectivity index (χ2v) is 7.55. The van der Waals surface area contributed by atoms with E-state index in [0.29, 0.717) is 18.2 Å². The maximum absolute atomic E-state index is 12.2. The van der Waals surface area contributed by atoms with Crippen molar-refractivity contribution in [3.05, 3.63) is 35.4 Å². The first-order valence-corrected chi connectivity index (χ1v) is 9.52. The van der Waals surface area contributed by atoms with Crippen LogP contribution in [0.1, 0.15) is 42.9 Å². The highest BCUT2D eigenvalue weighted by molar-refractivity contribution is 7.99. The number of benzene rings is 1. The molecule has 0 bridgehead atoms. The average molecular weight is 319 g/mol. The lowest BCUT2D eigenvalue weighted by atomic mass is 9.79. The molecule has 2 aliphatic rings. The van der Waals surface area contributed by atoms with Crippen LogP contribution in [0.5, 0.6) is 0 Å². The van der Waals surface area contributed by atoms with Crippen molar-refractivity contribution in [3.63, 3.8) is 0 Å². The highest BCUT2D eigenvalue weighted by Crippen LogP contribution is 2.36. The Morgan fingerprint density at radius 1 is 1.27 bits per heavy atom. The number of hydrogen-bond donors (Lipinski definition) is 1. The summed E-state index contributed by atoms with van der Waals surface area (Å²) in [5.41, 5.74) is 2.38. The minimum Gasteiger partial charge on any atom is -0.388 e. The van der Waals surface area contributed by atoms with E-state index in [2.05, 4.69) is 6.07 Å². The molecule has 1 heterocycles. The molecule has 120 valence electrons. The lowest BCUT2D eigenvalue weighted by Crippen LogP contribution is -2.37. The molecule has 1 fully saturated rings. The Morgan fingerprint density at radius 2 is 2.05 bits per heavy atom. The molecule has 1 aromatic rings. The van der Waals surface area contributed by atoms with Crippen LogP contribution in [0.3, 0.4) is 0 Å². The summed E-state index contributed by atoms with van der Waals surface area (Å²) < 4.78 is 0. The molecule has 1 aliphatic carbocycles. The number of aryl methyl sites for hydroxylation is 1. The molecule has 1 amide bonds. The summed E-state index contributed by atoms with van der Waals surface area (Å²) in [5, 5.41) is 10.5. The molecule has 4 heteroatoms. The minimum atomic E-state index is -0.355. The Labute approximate surface area is 137 Å². The Bertz CT molecular complexity index is 514. The highest BCUT2D eigenvalue weighted by Gasteiger charge is 2.27. The van der Waals surface area contributed by atoms with Crippen LogP contribution in [-0.2, 0) is 11.2 Å². The molecule has 0 saturated carbocycles. The van der Waals surface area contributed by atoms with Gasteiger partial charge in [0.1, 0.15) is 0 Å². The molecule has 0 radical (unpaired) electrons. The Morgan fingerprint density at radius 3 is 2.86 bits per heavy atom. The fraction of sp³-hybridized carbons (Fsp3) is 0.611. The molecule has 1 saturated heterocycles. The van der Waals surface area contributed by atoms with Crippen LogP contribution in [0.25, 0.3) is 0 Å². The average Bonchev–Trinajstić information content (AvgIpc) is 2.58. The summed E-state index contributed by atoms with van der Waals surface area (Å²) in [7, 11) is 0. The van der Waals surface area contributed by atoms with E-state index >= 15 is 0 Å². The molecule has 0 aromatic heterocycles. The molecule has 1 aromatic carbocycles. The number of aliphatic hydroxyl groups excluding tert-OH is 1. The molecule has 3 nitrogen and oxygen atoms in total. The lowest BCUT2D eigenvalue weighted by molar-refractivity contribution is -0.131. The predicted octanol–water partition coefficient (Wildman–Crippen LogP) is 3.03. The number of thioether (sulfide) groups is 1. The molecule has 1 N–H and O–H groups in total. The van der Waals surface area contributed by atoms with Crippen molar-refractivity contribution in [1.29, 1.82) is 0 Å². The van der Waals surface area contributed by atoms with Gasteiger partial charge in [-0.05, 0) is 42.7 Å². The van der Waals surface area contributed by atoms with Gasteiger partial charge in [0.2, 0.25) is 5.91 Å². The second kappa shape index (κ2) is 7.51. The van der Waals surface area contributed by atoms with Gasteiger partial charge in [-0.15, -0.1) is 0 Å². The Hall–Kier alpha value is -1.00. The number of carbonyl (C=O) groups excluding carboxylic acids is 1. The lowest BCUT2D eigenvalue weighted by Gasteiger charge is -2.30. The molecule has 22 heavy (non-hydrogen) atoms. The SMILES string of the molecule is O=C(CCCC1CCc2ccccc2C1O)N1CCSCC1. The molecule has 2 atom stereocenters. The summed E-state index contributed by atoms with van der Waals surface area (Å²) in [5.74, 6) is 2.75. The number of hydrogen-bond acceptors (Lipinski definition) is 3. The summed E-state index contributed by atoms with van der Waals surface area (Å²) in [6.45, 7) is 1.81. The number of fused-ring (bicyclic) bond motifs is 1. The monoisotopic (exact) mass is 319 g/mol. The van der Waals surface area contributed by atoms with E-state index in [1.807, 2.05) is 34.9 Å². The zero-order valence-electron chi connectivity index (χ0n) is 13.0. The molecule has 1 aliphatic heterocycles. The van der Waals surface area contributed by atoms with Crippen molar-refractivity contribution >= 4 is 17.7 Å². The zero-order valence-corrected chi connectivity index (χ0v) is 13.9. The van der Waals surface area contributed by atoms with Crippen LogP contribution in [-0.4, -0.2) is 40.5 Å². The highest BCUT2D eigenvalue weighted by atomic mass is 32.2. The van der Waals surface area contributed by atoms with Crippen LogP contribution in [0, 0.1) is 5.92 Å². The van der Waals surface area contributed by atoms with E-state index < -0.39 is 0 Å². The zero-order chi connectivity index (χ0) is 15.4. The summed E-state index contributed by atoms with van der Waals surface area (Å²) >= 11 is 1.93. The van der Waals surface area contributed by atoms with Crippen molar-refractivity contribution in [1.82, 2.24) is 4.90 Å². The van der Waals surface area contributed by atoms with Gasteiger partial charge in [-0.1, -0.05) is 24.3 Å². The molecule has 3 rings (SSSR count). The van der Waals surface area contributed by atoms with Gasteiger partial charge in [0.05, 0.1) is 6.10 Å². The van der Waals surface area contributed by atoms with Crippen LogP contribution >= 0.6 is 11.8 Å². The van der Waals surface area contributed by atoms with Gasteiger partial charge in [-0.2, -0.15) is 11.8 Å². The van der Waals surface area contributed by atoms with Crippen molar-refractivity contribution in [2.75, 3.05) is 24.6 Å². The van der Waals surface area contributed by atoms with Crippen LogP contribution in [0.2, 0.25) is 0 Å². The molecular weight excluding hydrogens is 294 g/mol. The number of carbonyl (C=O) groups is 1. The molecular formula is C18H25NO2S. The van der Waals surface area contributed by atoms with Crippen molar-refractivity contribution in [2.24, 2.45) is 5.92 Å². The van der Waals surface area contributed by atoms with Gasteiger partial charge < -0.3 is 10.0 Å². The third-order valence-corrected chi connectivity index (χ3v) is 5.88. The van der Waals surface area contributed by atoms with E-state index in [-0.39, 0.29) is 6.10 Å². The maximum Gasteiger partial charge on any atom is 0.222 e.